The van der Waals surface area contributed by atoms with E-state index in [4.69, 9.17) is 9.15 Å². The molecule has 1 aliphatic heterocycles. The van der Waals surface area contributed by atoms with Gasteiger partial charge in [0.05, 0.1) is 19.3 Å². The zero-order chi connectivity index (χ0) is 19.2. The van der Waals surface area contributed by atoms with Crippen LogP contribution in [-0.4, -0.2) is 43.5 Å². The van der Waals surface area contributed by atoms with E-state index in [0.717, 1.165) is 29.7 Å². The van der Waals surface area contributed by atoms with Crippen molar-refractivity contribution in [2.75, 3.05) is 26.7 Å². The zero-order valence-electron chi connectivity index (χ0n) is 15.9. The van der Waals surface area contributed by atoms with Gasteiger partial charge in [0, 0.05) is 19.6 Å². The zero-order valence-corrected chi connectivity index (χ0v) is 15.9. The Hall–Kier alpha value is -2.76. The standard InChI is InChI=1S/C21H26N2O4/c1-15-7-8-18(26-2)16(13-15)9-10-22-20(24)17-5-3-11-23(14-17)21(25)19-6-4-12-27-19/h4,6-8,12-13,17H,3,5,9-11,14H2,1-2H3,(H,22,24)/t17-/m1/s1. The minimum Gasteiger partial charge on any atom is -0.496 e. The normalized spacial score (nSPS) is 16.8. The molecule has 0 radical (unpaired) electrons. The van der Waals surface area contributed by atoms with Gasteiger partial charge in [-0.05, 0) is 49.9 Å². The summed E-state index contributed by atoms with van der Waals surface area (Å²) >= 11 is 0. The van der Waals surface area contributed by atoms with Gasteiger partial charge in [0.25, 0.3) is 5.91 Å². The van der Waals surface area contributed by atoms with Crippen LogP contribution >= 0.6 is 0 Å². The third-order valence-corrected chi connectivity index (χ3v) is 4.94. The Morgan fingerprint density at radius 2 is 2.19 bits per heavy atom. The van der Waals surface area contributed by atoms with Crippen molar-refractivity contribution in [1.82, 2.24) is 10.2 Å². The van der Waals surface area contributed by atoms with Gasteiger partial charge in [-0.2, -0.15) is 0 Å². The van der Waals surface area contributed by atoms with Crippen LogP contribution < -0.4 is 10.1 Å². The third kappa shape index (κ3) is 4.70. The van der Waals surface area contributed by atoms with Crippen LogP contribution in [0.15, 0.2) is 41.0 Å². The van der Waals surface area contributed by atoms with Crippen LogP contribution in [0.25, 0.3) is 0 Å². The van der Waals surface area contributed by atoms with E-state index in [1.54, 1.807) is 24.1 Å². The highest BCUT2D eigenvalue weighted by Gasteiger charge is 2.29. The van der Waals surface area contributed by atoms with Crippen molar-refractivity contribution in [2.24, 2.45) is 5.92 Å². The summed E-state index contributed by atoms with van der Waals surface area (Å²) in [6.45, 7) is 3.67. The Morgan fingerprint density at radius 1 is 1.33 bits per heavy atom. The first kappa shape index (κ1) is 19.0. The number of carbonyl (C=O) groups is 2. The smallest absolute Gasteiger partial charge is 0.289 e. The van der Waals surface area contributed by atoms with E-state index in [0.29, 0.717) is 31.8 Å². The van der Waals surface area contributed by atoms with Crippen molar-refractivity contribution in [3.63, 3.8) is 0 Å². The lowest BCUT2D eigenvalue weighted by molar-refractivity contribution is -0.126. The van der Waals surface area contributed by atoms with Crippen LogP contribution in [0.1, 0.15) is 34.5 Å². The Balaban J connectivity index is 1.52. The molecule has 1 fully saturated rings. The van der Waals surface area contributed by atoms with Crippen LogP contribution in [0.5, 0.6) is 5.75 Å². The van der Waals surface area contributed by atoms with E-state index in [2.05, 4.69) is 11.4 Å². The number of hydrogen-bond donors (Lipinski definition) is 1. The number of amides is 2. The van der Waals surface area contributed by atoms with E-state index in [1.807, 2.05) is 19.1 Å². The maximum atomic E-state index is 12.6. The van der Waals surface area contributed by atoms with Crippen LogP contribution in [0.4, 0.5) is 0 Å². The lowest BCUT2D eigenvalue weighted by Crippen LogP contribution is -2.45. The first-order valence-corrected chi connectivity index (χ1v) is 9.32. The van der Waals surface area contributed by atoms with E-state index in [-0.39, 0.29) is 17.7 Å². The maximum absolute atomic E-state index is 12.6. The molecule has 0 aliphatic carbocycles. The molecule has 0 spiro atoms. The van der Waals surface area contributed by atoms with Crippen molar-refractivity contribution in [2.45, 2.75) is 26.2 Å². The van der Waals surface area contributed by atoms with Gasteiger partial charge in [0.15, 0.2) is 5.76 Å². The fourth-order valence-corrected chi connectivity index (χ4v) is 3.50. The summed E-state index contributed by atoms with van der Waals surface area (Å²) < 4.78 is 10.6. The van der Waals surface area contributed by atoms with E-state index in [1.165, 1.54) is 6.26 Å². The first-order valence-electron chi connectivity index (χ1n) is 9.32. The topological polar surface area (TPSA) is 71.8 Å². The minimum absolute atomic E-state index is 0.00133. The Morgan fingerprint density at radius 3 is 2.93 bits per heavy atom. The summed E-state index contributed by atoms with van der Waals surface area (Å²) in [5, 5.41) is 3.01. The predicted molar refractivity (Wildman–Crippen MR) is 102 cm³/mol. The summed E-state index contributed by atoms with van der Waals surface area (Å²) in [5.41, 5.74) is 2.24. The summed E-state index contributed by atoms with van der Waals surface area (Å²) in [7, 11) is 1.65. The lowest BCUT2D eigenvalue weighted by Gasteiger charge is -2.31. The van der Waals surface area contributed by atoms with Gasteiger partial charge in [-0.3, -0.25) is 9.59 Å². The fourth-order valence-electron chi connectivity index (χ4n) is 3.50. The monoisotopic (exact) mass is 370 g/mol. The molecule has 1 saturated heterocycles. The van der Waals surface area contributed by atoms with Crippen LogP contribution in [0.2, 0.25) is 0 Å². The molecule has 1 aromatic heterocycles. The van der Waals surface area contributed by atoms with Crippen molar-refractivity contribution >= 4 is 11.8 Å². The molecule has 3 rings (SSSR count). The van der Waals surface area contributed by atoms with Gasteiger partial charge >= 0.3 is 0 Å². The van der Waals surface area contributed by atoms with Crippen molar-refractivity contribution in [1.29, 1.82) is 0 Å². The number of likely N-dealkylation sites (tertiary alicyclic amines) is 1. The summed E-state index contributed by atoms with van der Waals surface area (Å²) in [6, 6.07) is 9.39. The fraction of sp³-hybridized carbons (Fsp3) is 0.429. The quantitative estimate of drug-likeness (QED) is 0.849. The highest BCUT2D eigenvalue weighted by Crippen LogP contribution is 2.21. The third-order valence-electron chi connectivity index (χ3n) is 4.94. The number of carbonyl (C=O) groups excluding carboxylic acids is 2. The average Bonchev–Trinajstić information content (AvgIpc) is 3.22. The molecular weight excluding hydrogens is 344 g/mol. The molecule has 2 heterocycles. The molecule has 27 heavy (non-hydrogen) atoms. The second kappa shape index (κ2) is 8.75. The first-order chi connectivity index (χ1) is 13.1. The SMILES string of the molecule is COc1ccc(C)cc1CCNC(=O)[C@@H]1CCCN(C(=O)c2ccco2)C1. The van der Waals surface area contributed by atoms with Gasteiger partial charge in [0.1, 0.15) is 5.75 Å². The van der Waals surface area contributed by atoms with Gasteiger partial charge in [-0.25, -0.2) is 0 Å². The van der Waals surface area contributed by atoms with E-state index >= 15 is 0 Å². The molecule has 6 heteroatoms. The minimum atomic E-state index is -0.183. The van der Waals surface area contributed by atoms with Gasteiger partial charge < -0.3 is 19.4 Å². The highest BCUT2D eigenvalue weighted by molar-refractivity contribution is 5.92. The Kier molecular flexibility index (Phi) is 6.16. The van der Waals surface area contributed by atoms with Gasteiger partial charge in [-0.15, -0.1) is 0 Å². The number of nitrogens with zero attached hydrogens (tertiary/aromatic N) is 1. The molecule has 2 amide bonds. The van der Waals surface area contributed by atoms with Crippen molar-refractivity contribution < 1.29 is 18.7 Å². The molecule has 1 aliphatic rings. The second-order valence-electron chi connectivity index (χ2n) is 6.92. The molecule has 1 N–H and O–H groups in total. The van der Waals surface area contributed by atoms with E-state index in [9.17, 15) is 9.59 Å². The predicted octanol–water partition coefficient (Wildman–Crippen LogP) is 2.81. The molecule has 0 saturated carbocycles. The number of rotatable bonds is 6. The number of hydrogen-bond acceptors (Lipinski definition) is 4. The molecule has 1 aromatic carbocycles. The molecular formula is C21H26N2O4. The highest BCUT2D eigenvalue weighted by atomic mass is 16.5. The molecule has 6 nitrogen and oxygen atoms in total. The van der Waals surface area contributed by atoms with Crippen LogP contribution in [0.3, 0.4) is 0 Å². The summed E-state index contributed by atoms with van der Waals surface area (Å²) in [6.07, 6.45) is 3.80. The van der Waals surface area contributed by atoms with Crippen LogP contribution in [0, 0.1) is 12.8 Å². The number of methoxy groups -OCH3 is 1. The molecule has 144 valence electrons. The van der Waals surface area contributed by atoms with Crippen molar-refractivity contribution in [3.8, 4) is 5.75 Å². The van der Waals surface area contributed by atoms with Crippen LogP contribution in [-0.2, 0) is 11.2 Å². The number of benzene rings is 1. The summed E-state index contributed by atoms with van der Waals surface area (Å²) in [4.78, 5) is 26.7. The van der Waals surface area contributed by atoms with Crippen molar-refractivity contribution in [3.05, 3.63) is 53.5 Å². The largest absolute Gasteiger partial charge is 0.496 e. The lowest BCUT2D eigenvalue weighted by atomic mass is 9.96. The maximum Gasteiger partial charge on any atom is 0.289 e. The Labute approximate surface area is 159 Å². The van der Waals surface area contributed by atoms with Gasteiger partial charge in [0.2, 0.25) is 5.91 Å². The molecule has 0 bridgehead atoms. The number of piperidine rings is 1. The molecule has 0 unspecified atom stereocenters. The Bertz CT molecular complexity index is 785. The molecule has 1 atom stereocenters. The number of ether oxygens (including phenoxy) is 1. The number of nitrogens with one attached hydrogen (secondary N) is 1. The summed E-state index contributed by atoms with van der Waals surface area (Å²) in [5.74, 6) is 0.822. The average molecular weight is 370 g/mol. The second-order valence-corrected chi connectivity index (χ2v) is 6.92. The van der Waals surface area contributed by atoms with E-state index < -0.39 is 0 Å². The molecule has 2 aromatic rings. The number of furan rings is 1. The number of aryl methyl sites for hydroxylation is 1. The van der Waals surface area contributed by atoms with Gasteiger partial charge in [-0.1, -0.05) is 17.7 Å².